The van der Waals surface area contributed by atoms with Gasteiger partial charge in [0.2, 0.25) is 5.91 Å². The minimum absolute atomic E-state index is 0.0303. The molecule has 0 bridgehead atoms. The molecule has 1 saturated heterocycles. The van der Waals surface area contributed by atoms with Crippen LogP contribution in [-0.2, 0) is 29.2 Å². The van der Waals surface area contributed by atoms with Gasteiger partial charge in [-0.25, -0.2) is 4.79 Å². The number of benzene rings is 2. The number of carbonyl (C=O) groups excluding carboxylic acids is 1. The third-order valence-corrected chi connectivity index (χ3v) is 5.71. The van der Waals surface area contributed by atoms with Crippen molar-refractivity contribution in [1.82, 2.24) is 14.0 Å². The molecule has 7 nitrogen and oxygen atoms in total. The molecule has 0 unspecified atom stereocenters. The van der Waals surface area contributed by atoms with Crippen molar-refractivity contribution in [2.45, 2.75) is 26.6 Å². The van der Waals surface area contributed by atoms with Crippen molar-refractivity contribution >= 4 is 22.6 Å². The van der Waals surface area contributed by atoms with Crippen molar-refractivity contribution in [3.8, 4) is 0 Å². The molecule has 3 aromatic rings. The predicted octanol–water partition coefficient (Wildman–Crippen LogP) is 2.32. The molecular weight excluding hydrogens is 380 g/mol. The Morgan fingerprint density at radius 3 is 2.33 bits per heavy atom. The number of nitrogens with zero attached hydrogens (tertiary/aromatic N) is 4. The molecule has 0 spiro atoms. The molecule has 30 heavy (non-hydrogen) atoms. The van der Waals surface area contributed by atoms with Gasteiger partial charge in [0.15, 0.2) is 0 Å². The number of anilines is 1. The first-order valence-corrected chi connectivity index (χ1v) is 10.4. The second-order valence-corrected chi connectivity index (χ2v) is 7.58. The Kier molecular flexibility index (Phi) is 5.90. The molecule has 0 radical (unpaired) electrons. The number of rotatable bonds is 6. The van der Waals surface area contributed by atoms with E-state index in [9.17, 15) is 9.59 Å². The molecule has 4 rings (SSSR count). The van der Waals surface area contributed by atoms with E-state index < -0.39 is 0 Å². The fourth-order valence-corrected chi connectivity index (χ4v) is 4.09. The van der Waals surface area contributed by atoms with Gasteiger partial charge >= 0.3 is 5.69 Å². The number of aryl methyl sites for hydroxylation is 1. The number of carbonyl (C=O) groups is 1. The van der Waals surface area contributed by atoms with Gasteiger partial charge in [-0.05, 0) is 30.7 Å². The number of fused-ring (bicyclic) bond motifs is 1. The second-order valence-electron chi connectivity index (χ2n) is 7.58. The molecule has 0 N–H and O–H groups in total. The maximum absolute atomic E-state index is 13.0. The molecule has 1 aliphatic rings. The molecule has 158 valence electrons. The molecule has 0 saturated carbocycles. The van der Waals surface area contributed by atoms with E-state index in [0.29, 0.717) is 26.3 Å². The van der Waals surface area contributed by atoms with Gasteiger partial charge in [-0.1, -0.05) is 30.3 Å². The standard InChI is InChI=1S/C23H28N4O3/c1-3-26-20-10-6-7-11-21(20)27(23(26)29)17-22(28)24(2)16-18-8-4-5-9-19(18)25-12-14-30-15-13-25/h4-11H,3,12-17H2,1-2H3. The molecule has 1 aromatic heterocycles. The summed E-state index contributed by atoms with van der Waals surface area (Å²) in [5, 5.41) is 0. The Morgan fingerprint density at radius 1 is 1.00 bits per heavy atom. The Morgan fingerprint density at radius 2 is 1.63 bits per heavy atom. The topological polar surface area (TPSA) is 59.7 Å². The fourth-order valence-electron chi connectivity index (χ4n) is 4.09. The molecule has 2 aromatic carbocycles. The van der Waals surface area contributed by atoms with Gasteiger partial charge in [-0.2, -0.15) is 0 Å². The minimum Gasteiger partial charge on any atom is -0.378 e. The van der Waals surface area contributed by atoms with Gasteiger partial charge in [0.1, 0.15) is 6.54 Å². The van der Waals surface area contributed by atoms with Crippen LogP contribution >= 0.6 is 0 Å². The smallest absolute Gasteiger partial charge is 0.329 e. The second kappa shape index (κ2) is 8.75. The zero-order chi connectivity index (χ0) is 21.1. The van der Waals surface area contributed by atoms with Crippen molar-refractivity contribution in [2.75, 3.05) is 38.3 Å². The number of para-hydroxylation sites is 3. The van der Waals surface area contributed by atoms with Gasteiger partial charge < -0.3 is 14.5 Å². The lowest BCUT2D eigenvalue weighted by molar-refractivity contribution is -0.131. The molecule has 7 heteroatoms. The quantitative estimate of drug-likeness (QED) is 0.628. The van der Waals surface area contributed by atoms with E-state index in [-0.39, 0.29) is 18.1 Å². The molecular formula is C23H28N4O3. The Labute approximate surface area is 176 Å². The average Bonchev–Trinajstić information content (AvgIpc) is 3.05. The lowest BCUT2D eigenvalue weighted by Crippen LogP contribution is -2.38. The zero-order valence-corrected chi connectivity index (χ0v) is 17.6. The monoisotopic (exact) mass is 408 g/mol. The summed E-state index contributed by atoms with van der Waals surface area (Å²) in [6.45, 7) is 6.16. The summed E-state index contributed by atoms with van der Waals surface area (Å²) in [6, 6.07) is 15.8. The summed E-state index contributed by atoms with van der Waals surface area (Å²) in [6.07, 6.45) is 0. The van der Waals surface area contributed by atoms with E-state index >= 15 is 0 Å². The Bertz CT molecular complexity index is 1100. The van der Waals surface area contributed by atoms with E-state index in [2.05, 4.69) is 17.0 Å². The molecule has 2 heterocycles. The van der Waals surface area contributed by atoms with Gasteiger partial charge in [0.05, 0.1) is 24.2 Å². The summed E-state index contributed by atoms with van der Waals surface area (Å²) >= 11 is 0. The number of morpholine rings is 1. The fraction of sp³-hybridized carbons (Fsp3) is 0.391. The average molecular weight is 409 g/mol. The van der Waals surface area contributed by atoms with Crippen LogP contribution in [0.25, 0.3) is 11.0 Å². The van der Waals surface area contributed by atoms with E-state index in [1.54, 1.807) is 21.1 Å². The van der Waals surface area contributed by atoms with Crippen molar-refractivity contribution in [1.29, 1.82) is 0 Å². The summed E-state index contributed by atoms with van der Waals surface area (Å²) < 4.78 is 8.74. The van der Waals surface area contributed by atoms with Crippen LogP contribution in [0.4, 0.5) is 5.69 Å². The van der Waals surface area contributed by atoms with Gasteiger partial charge in [-0.15, -0.1) is 0 Å². The summed E-state index contributed by atoms with van der Waals surface area (Å²) in [5.41, 5.74) is 3.74. The predicted molar refractivity (Wildman–Crippen MR) is 118 cm³/mol. The Hall–Kier alpha value is -3.06. The van der Waals surface area contributed by atoms with Crippen molar-refractivity contribution in [3.63, 3.8) is 0 Å². The number of imidazole rings is 1. The number of hydrogen-bond donors (Lipinski definition) is 0. The number of likely N-dealkylation sites (N-methyl/N-ethyl adjacent to an activating group) is 1. The van der Waals surface area contributed by atoms with E-state index in [4.69, 9.17) is 4.74 Å². The van der Waals surface area contributed by atoms with Crippen molar-refractivity contribution in [2.24, 2.45) is 0 Å². The van der Waals surface area contributed by atoms with Crippen LogP contribution in [0.3, 0.4) is 0 Å². The van der Waals surface area contributed by atoms with Crippen LogP contribution in [-0.4, -0.2) is 53.3 Å². The van der Waals surface area contributed by atoms with Crippen LogP contribution in [0.2, 0.25) is 0 Å². The first-order chi connectivity index (χ1) is 14.6. The molecule has 1 aliphatic heterocycles. The SMILES string of the molecule is CCn1c(=O)n(CC(=O)N(C)Cc2ccccc2N2CCOCC2)c2ccccc21. The Balaban J connectivity index is 1.54. The largest absolute Gasteiger partial charge is 0.378 e. The highest BCUT2D eigenvalue weighted by Gasteiger charge is 2.19. The number of ether oxygens (including phenoxy) is 1. The van der Waals surface area contributed by atoms with Crippen LogP contribution in [0.15, 0.2) is 53.3 Å². The van der Waals surface area contributed by atoms with Crippen molar-refractivity contribution < 1.29 is 9.53 Å². The molecule has 0 atom stereocenters. The van der Waals surface area contributed by atoms with Crippen LogP contribution in [0, 0.1) is 0 Å². The zero-order valence-electron chi connectivity index (χ0n) is 17.6. The summed E-state index contributed by atoms with van der Waals surface area (Å²) in [5.74, 6) is -0.0899. The molecule has 1 amide bonds. The maximum Gasteiger partial charge on any atom is 0.329 e. The number of amides is 1. The summed E-state index contributed by atoms with van der Waals surface area (Å²) in [4.78, 5) is 29.9. The number of aromatic nitrogens is 2. The maximum atomic E-state index is 13.0. The van der Waals surface area contributed by atoms with Crippen LogP contribution in [0.1, 0.15) is 12.5 Å². The third kappa shape index (κ3) is 3.85. The van der Waals surface area contributed by atoms with Gasteiger partial charge in [0.25, 0.3) is 0 Å². The third-order valence-electron chi connectivity index (χ3n) is 5.71. The number of hydrogen-bond acceptors (Lipinski definition) is 4. The first-order valence-electron chi connectivity index (χ1n) is 10.4. The molecule has 0 aliphatic carbocycles. The normalized spacial score (nSPS) is 14.3. The molecule has 1 fully saturated rings. The highest BCUT2D eigenvalue weighted by atomic mass is 16.5. The lowest BCUT2D eigenvalue weighted by Gasteiger charge is -2.31. The van der Waals surface area contributed by atoms with Gasteiger partial charge in [0, 0.05) is 38.9 Å². The summed E-state index contributed by atoms with van der Waals surface area (Å²) in [7, 11) is 1.79. The lowest BCUT2D eigenvalue weighted by atomic mass is 10.1. The first kappa shape index (κ1) is 20.2. The minimum atomic E-state index is -0.144. The van der Waals surface area contributed by atoms with Crippen LogP contribution in [0.5, 0.6) is 0 Å². The highest BCUT2D eigenvalue weighted by Crippen LogP contribution is 2.23. The van der Waals surface area contributed by atoms with E-state index in [0.717, 1.165) is 35.4 Å². The van der Waals surface area contributed by atoms with Gasteiger partial charge in [-0.3, -0.25) is 13.9 Å². The van der Waals surface area contributed by atoms with Crippen molar-refractivity contribution in [3.05, 3.63) is 64.6 Å². The van der Waals surface area contributed by atoms with E-state index in [1.807, 2.05) is 43.3 Å². The van der Waals surface area contributed by atoms with E-state index in [1.165, 1.54) is 0 Å². The highest BCUT2D eigenvalue weighted by molar-refractivity contribution is 5.81. The van der Waals surface area contributed by atoms with Crippen LogP contribution < -0.4 is 10.6 Å².